The van der Waals surface area contributed by atoms with Gasteiger partial charge in [0, 0.05) is 5.69 Å². The van der Waals surface area contributed by atoms with Gasteiger partial charge >= 0.3 is 11.9 Å². The van der Waals surface area contributed by atoms with Crippen LogP contribution in [0.4, 0.5) is 5.69 Å². The lowest BCUT2D eigenvalue weighted by Crippen LogP contribution is -2.14. The van der Waals surface area contributed by atoms with Crippen LogP contribution in [0.5, 0.6) is 11.5 Å². The summed E-state index contributed by atoms with van der Waals surface area (Å²) in [5.74, 6) is -1.29. The minimum absolute atomic E-state index is 0.160. The summed E-state index contributed by atoms with van der Waals surface area (Å²) in [6.45, 7) is 1.96. The Morgan fingerprint density at radius 2 is 1.67 bits per heavy atom. The maximum Gasteiger partial charge on any atom is 0.343 e. The molecule has 0 heterocycles. The van der Waals surface area contributed by atoms with Gasteiger partial charge in [-0.2, -0.15) is 5.26 Å². The number of amides is 1. The van der Waals surface area contributed by atoms with Gasteiger partial charge in [0.2, 0.25) is 0 Å². The van der Waals surface area contributed by atoms with E-state index in [2.05, 4.69) is 21.2 Å². The monoisotopic (exact) mass is 548 g/mol. The van der Waals surface area contributed by atoms with E-state index in [0.29, 0.717) is 26.9 Å². The number of hydrogen-bond acceptors (Lipinski definition) is 7. The predicted octanol–water partition coefficient (Wildman–Crippen LogP) is 5.40. The summed E-state index contributed by atoms with van der Waals surface area (Å²) in [4.78, 5) is 36.9. The minimum atomic E-state index is -0.643. The molecule has 1 N–H and O–H groups in total. The zero-order chi connectivity index (χ0) is 26.1. The number of carbonyl (C=O) groups excluding carboxylic acids is 3. The molecule has 3 aromatic carbocycles. The van der Waals surface area contributed by atoms with Crippen molar-refractivity contribution in [2.75, 3.05) is 19.0 Å². The molecule has 0 fully saturated rings. The van der Waals surface area contributed by atoms with Crippen molar-refractivity contribution in [2.24, 2.45) is 0 Å². The largest absolute Gasteiger partial charge is 0.493 e. The van der Waals surface area contributed by atoms with E-state index in [-0.39, 0.29) is 23.7 Å². The van der Waals surface area contributed by atoms with E-state index >= 15 is 0 Å². The van der Waals surface area contributed by atoms with Crippen LogP contribution in [-0.4, -0.2) is 31.6 Å². The minimum Gasteiger partial charge on any atom is -0.493 e. The lowest BCUT2D eigenvalue weighted by atomic mass is 10.1. The maximum atomic E-state index is 12.7. The number of rotatable bonds is 8. The molecule has 36 heavy (non-hydrogen) atoms. The zero-order valence-corrected chi connectivity index (χ0v) is 21.0. The summed E-state index contributed by atoms with van der Waals surface area (Å²) in [6, 6.07) is 19.6. The number of nitrogens with zero attached hydrogens (tertiary/aromatic N) is 1. The molecule has 0 aliphatic carbocycles. The number of anilines is 1. The summed E-state index contributed by atoms with van der Waals surface area (Å²) in [5.41, 5.74) is 1.40. The van der Waals surface area contributed by atoms with Crippen molar-refractivity contribution in [3.63, 3.8) is 0 Å². The Labute approximate surface area is 216 Å². The van der Waals surface area contributed by atoms with Crippen molar-refractivity contribution in [2.45, 2.75) is 6.92 Å². The SMILES string of the molecule is CCOC(=O)c1ccc(NC(=O)/C(C#N)=C/c2cc(Br)c(OC(=O)c3ccccc3)c(OC)c2)cc1. The first-order valence-electron chi connectivity index (χ1n) is 10.7. The molecule has 0 aromatic heterocycles. The highest BCUT2D eigenvalue weighted by Gasteiger charge is 2.18. The number of hydrogen-bond donors (Lipinski definition) is 1. The van der Waals surface area contributed by atoms with Crippen molar-refractivity contribution in [1.82, 2.24) is 0 Å². The zero-order valence-electron chi connectivity index (χ0n) is 19.4. The Hall–Kier alpha value is -4.42. The highest BCUT2D eigenvalue weighted by molar-refractivity contribution is 9.10. The highest BCUT2D eigenvalue weighted by atomic mass is 79.9. The van der Waals surface area contributed by atoms with E-state index in [9.17, 15) is 19.6 Å². The molecule has 0 bridgehead atoms. The van der Waals surface area contributed by atoms with Crippen LogP contribution in [-0.2, 0) is 9.53 Å². The first-order chi connectivity index (χ1) is 17.4. The number of nitriles is 1. The normalized spacial score (nSPS) is 10.7. The van der Waals surface area contributed by atoms with E-state index in [0.717, 1.165) is 0 Å². The Balaban J connectivity index is 1.79. The fraction of sp³-hybridized carbons (Fsp3) is 0.111. The second-order valence-electron chi connectivity index (χ2n) is 7.21. The van der Waals surface area contributed by atoms with Crippen molar-refractivity contribution >= 4 is 45.5 Å². The number of methoxy groups -OCH3 is 1. The van der Waals surface area contributed by atoms with E-state index in [4.69, 9.17) is 14.2 Å². The molecule has 8 nitrogen and oxygen atoms in total. The fourth-order valence-corrected chi connectivity index (χ4v) is 3.61. The first-order valence-corrected chi connectivity index (χ1v) is 11.5. The third-order valence-corrected chi connectivity index (χ3v) is 5.38. The van der Waals surface area contributed by atoms with E-state index < -0.39 is 17.8 Å². The Morgan fingerprint density at radius 1 is 1.00 bits per heavy atom. The summed E-state index contributed by atoms with van der Waals surface area (Å²) < 4.78 is 16.2. The van der Waals surface area contributed by atoms with E-state index in [1.54, 1.807) is 43.3 Å². The van der Waals surface area contributed by atoms with Crippen molar-refractivity contribution < 1.29 is 28.6 Å². The van der Waals surface area contributed by atoms with Crippen LogP contribution >= 0.6 is 15.9 Å². The number of carbonyl (C=O) groups is 3. The molecule has 0 saturated carbocycles. The molecule has 0 aliphatic heterocycles. The number of esters is 2. The van der Waals surface area contributed by atoms with Gasteiger partial charge in [0.1, 0.15) is 11.6 Å². The molecular weight excluding hydrogens is 528 g/mol. The Kier molecular flexibility index (Phi) is 8.97. The van der Waals surface area contributed by atoms with Crippen LogP contribution in [0, 0.1) is 11.3 Å². The van der Waals surface area contributed by atoms with Crippen LogP contribution in [0.2, 0.25) is 0 Å². The smallest absolute Gasteiger partial charge is 0.343 e. The van der Waals surface area contributed by atoms with Gasteiger partial charge in [-0.15, -0.1) is 0 Å². The summed E-state index contributed by atoms with van der Waals surface area (Å²) >= 11 is 3.36. The molecule has 0 aliphatic rings. The maximum absolute atomic E-state index is 12.7. The van der Waals surface area contributed by atoms with Gasteiger partial charge in [-0.3, -0.25) is 4.79 Å². The van der Waals surface area contributed by atoms with Gasteiger partial charge in [0.05, 0.1) is 29.3 Å². The molecule has 3 aromatic rings. The van der Waals surface area contributed by atoms with Crippen molar-refractivity contribution in [1.29, 1.82) is 5.26 Å². The van der Waals surface area contributed by atoms with Gasteiger partial charge in [0.15, 0.2) is 11.5 Å². The van der Waals surface area contributed by atoms with Gasteiger partial charge in [-0.25, -0.2) is 9.59 Å². The summed E-state index contributed by atoms with van der Waals surface area (Å²) in [7, 11) is 1.41. The van der Waals surface area contributed by atoms with Crippen LogP contribution in [0.15, 0.2) is 76.8 Å². The molecule has 0 unspecified atom stereocenters. The summed E-state index contributed by atoms with van der Waals surface area (Å²) in [5, 5.41) is 12.2. The third kappa shape index (κ3) is 6.58. The molecular formula is C27H21BrN2O6. The average molecular weight is 549 g/mol. The number of benzene rings is 3. The van der Waals surface area contributed by atoms with Gasteiger partial charge in [0.25, 0.3) is 5.91 Å². The molecule has 0 atom stereocenters. The van der Waals surface area contributed by atoms with Gasteiger partial charge in [-0.1, -0.05) is 18.2 Å². The topological polar surface area (TPSA) is 115 Å². The van der Waals surface area contributed by atoms with Crippen molar-refractivity contribution in [3.05, 3.63) is 93.5 Å². The summed E-state index contributed by atoms with van der Waals surface area (Å²) in [6.07, 6.45) is 1.37. The second kappa shape index (κ2) is 12.3. The van der Waals surface area contributed by atoms with E-state index in [1.807, 2.05) is 6.07 Å². The molecule has 9 heteroatoms. The second-order valence-corrected chi connectivity index (χ2v) is 8.07. The Bertz CT molecular complexity index is 1350. The molecule has 182 valence electrons. The highest BCUT2D eigenvalue weighted by Crippen LogP contribution is 2.37. The fourth-order valence-electron chi connectivity index (χ4n) is 3.07. The van der Waals surface area contributed by atoms with Crippen LogP contribution in [0.1, 0.15) is 33.2 Å². The molecule has 0 radical (unpaired) electrons. The quantitative estimate of drug-likeness (QED) is 0.173. The number of nitrogens with one attached hydrogen (secondary N) is 1. The molecule has 0 saturated heterocycles. The third-order valence-electron chi connectivity index (χ3n) is 4.79. The lowest BCUT2D eigenvalue weighted by Gasteiger charge is -2.12. The van der Waals surface area contributed by atoms with Crippen LogP contribution < -0.4 is 14.8 Å². The first kappa shape index (κ1) is 26.2. The molecule has 1 amide bonds. The number of halogens is 1. The van der Waals surface area contributed by atoms with Crippen molar-refractivity contribution in [3.8, 4) is 17.6 Å². The predicted molar refractivity (Wildman–Crippen MR) is 137 cm³/mol. The Morgan fingerprint density at radius 3 is 2.28 bits per heavy atom. The van der Waals surface area contributed by atoms with Crippen LogP contribution in [0.25, 0.3) is 6.08 Å². The van der Waals surface area contributed by atoms with Gasteiger partial charge in [-0.05, 0) is 83.0 Å². The average Bonchev–Trinajstić information content (AvgIpc) is 2.89. The van der Waals surface area contributed by atoms with Gasteiger partial charge < -0.3 is 19.5 Å². The lowest BCUT2D eigenvalue weighted by molar-refractivity contribution is -0.112. The van der Waals surface area contributed by atoms with E-state index in [1.165, 1.54) is 43.5 Å². The van der Waals surface area contributed by atoms with Crippen LogP contribution in [0.3, 0.4) is 0 Å². The molecule has 3 rings (SSSR count). The molecule has 0 spiro atoms. The standard InChI is InChI=1S/C27H21BrN2O6/c1-3-35-26(32)19-9-11-21(12-10-19)30-25(31)20(16-29)13-17-14-22(28)24(23(15-17)34-2)36-27(33)18-7-5-4-6-8-18/h4-15H,3H2,1-2H3,(H,30,31)/b20-13+. The number of ether oxygens (including phenoxy) is 3.